The SMILES string of the molecule is CC.Cc1cnn(-c2ccc(F)nc2)c1. The fraction of sp³-hybridized carbons (Fsp3) is 0.273. The first-order valence-electron chi connectivity index (χ1n) is 4.89. The van der Waals surface area contributed by atoms with Gasteiger partial charge in [-0.15, -0.1) is 0 Å². The Morgan fingerprint density at radius 1 is 1.20 bits per heavy atom. The summed E-state index contributed by atoms with van der Waals surface area (Å²) < 4.78 is 14.1. The molecule has 4 heteroatoms. The highest BCUT2D eigenvalue weighted by molar-refractivity contribution is 5.27. The first-order valence-corrected chi connectivity index (χ1v) is 4.89. The molecule has 0 fully saturated rings. The van der Waals surface area contributed by atoms with Gasteiger partial charge in [-0.1, -0.05) is 13.8 Å². The van der Waals surface area contributed by atoms with Crippen molar-refractivity contribution >= 4 is 0 Å². The maximum absolute atomic E-state index is 12.5. The topological polar surface area (TPSA) is 30.7 Å². The highest BCUT2D eigenvalue weighted by Gasteiger charge is 1.98. The molecule has 15 heavy (non-hydrogen) atoms. The van der Waals surface area contributed by atoms with E-state index in [0.29, 0.717) is 0 Å². The second-order valence-corrected chi connectivity index (χ2v) is 2.80. The lowest BCUT2D eigenvalue weighted by Crippen LogP contribution is -1.95. The summed E-state index contributed by atoms with van der Waals surface area (Å²) >= 11 is 0. The highest BCUT2D eigenvalue weighted by atomic mass is 19.1. The van der Waals surface area contributed by atoms with Gasteiger partial charge in [0.2, 0.25) is 5.95 Å². The molecule has 0 aliphatic heterocycles. The largest absolute Gasteiger partial charge is 0.239 e. The first-order chi connectivity index (χ1) is 7.25. The standard InChI is InChI=1S/C9H8FN3.C2H6/c1-7-4-12-13(6-7)8-2-3-9(10)11-5-8;1-2/h2-6H,1H3;1-2H3. The van der Waals surface area contributed by atoms with Gasteiger partial charge in [0.25, 0.3) is 0 Å². The average Bonchev–Trinajstić information content (AvgIpc) is 2.69. The van der Waals surface area contributed by atoms with Gasteiger partial charge in [0.05, 0.1) is 18.1 Å². The molecule has 0 N–H and O–H groups in total. The van der Waals surface area contributed by atoms with Crippen LogP contribution in [-0.2, 0) is 0 Å². The Bertz CT molecular complexity index is 406. The van der Waals surface area contributed by atoms with Gasteiger partial charge in [0.1, 0.15) is 0 Å². The maximum atomic E-state index is 12.5. The Balaban J connectivity index is 0.000000531. The average molecular weight is 207 g/mol. The van der Waals surface area contributed by atoms with Gasteiger partial charge in [-0.25, -0.2) is 9.67 Å². The van der Waals surface area contributed by atoms with E-state index in [0.717, 1.165) is 11.3 Å². The van der Waals surface area contributed by atoms with Crippen LogP contribution in [0.1, 0.15) is 19.4 Å². The Morgan fingerprint density at radius 3 is 2.40 bits per heavy atom. The van der Waals surface area contributed by atoms with Crippen molar-refractivity contribution in [1.29, 1.82) is 0 Å². The first kappa shape index (κ1) is 11.4. The summed E-state index contributed by atoms with van der Waals surface area (Å²) in [6.45, 7) is 5.94. The fourth-order valence-corrected chi connectivity index (χ4v) is 1.06. The van der Waals surface area contributed by atoms with Crippen molar-refractivity contribution in [2.75, 3.05) is 0 Å². The van der Waals surface area contributed by atoms with Crippen molar-refractivity contribution in [1.82, 2.24) is 14.8 Å². The molecule has 0 aromatic carbocycles. The molecule has 0 saturated carbocycles. The quantitative estimate of drug-likeness (QED) is 0.673. The molecule has 0 atom stereocenters. The Hall–Kier alpha value is -1.71. The maximum Gasteiger partial charge on any atom is 0.212 e. The predicted octanol–water partition coefficient (Wildman–Crippen LogP) is 2.74. The van der Waals surface area contributed by atoms with Gasteiger partial charge in [-0.05, 0) is 24.6 Å². The van der Waals surface area contributed by atoms with Gasteiger partial charge >= 0.3 is 0 Å². The number of hydrogen-bond acceptors (Lipinski definition) is 2. The van der Waals surface area contributed by atoms with Gasteiger partial charge < -0.3 is 0 Å². The normalized spacial score (nSPS) is 9.33. The molecule has 3 nitrogen and oxygen atoms in total. The molecule has 0 saturated heterocycles. The minimum atomic E-state index is -0.479. The van der Waals surface area contributed by atoms with Crippen molar-refractivity contribution in [3.63, 3.8) is 0 Å². The van der Waals surface area contributed by atoms with Gasteiger partial charge in [-0.3, -0.25) is 0 Å². The van der Waals surface area contributed by atoms with Crippen molar-refractivity contribution in [2.45, 2.75) is 20.8 Å². The number of rotatable bonds is 1. The van der Waals surface area contributed by atoms with Crippen LogP contribution in [0.2, 0.25) is 0 Å². The lowest BCUT2D eigenvalue weighted by Gasteiger charge is -1.98. The number of aryl methyl sites for hydroxylation is 1. The molecule has 0 spiro atoms. The molecular weight excluding hydrogens is 193 g/mol. The van der Waals surface area contributed by atoms with E-state index in [4.69, 9.17) is 0 Å². The summed E-state index contributed by atoms with van der Waals surface area (Å²) in [5.74, 6) is -0.479. The zero-order chi connectivity index (χ0) is 11.3. The second-order valence-electron chi connectivity index (χ2n) is 2.80. The molecule has 0 aliphatic carbocycles. The summed E-state index contributed by atoms with van der Waals surface area (Å²) in [5.41, 5.74) is 1.82. The lowest BCUT2D eigenvalue weighted by molar-refractivity contribution is 0.582. The van der Waals surface area contributed by atoms with E-state index in [1.54, 1.807) is 16.9 Å². The van der Waals surface area contributed by atoms with E-state index in [1.807, 2.05) is 27.0 Å². The molecule has 0 unspecified atom stereocenters. The molecule has 0 amide bonds. The third-order valence-electron chi connectivity index (χ3n) is 1.69. The Kier molecular flexibility index (Phi) is 3.97. The van der Waals surface area contributed by atoms with Crippen molar-refractivity contribution in [3.8, 4) is 5.69 Å². The van der Waals surface area contributed by atoms with Crippen LogP contribution < -0.4 is 0 Å². The Morgan fingerprint density at radius 2 is 1.93 bits per heavy atom. The van der Waals surface area contributed by atoms with E-state index in [9.17, 15) is 4.39 Å². The van der Waals surface area contributed by atoms with E-state index in [2.05, 4.69) is 10.1 Å². The Labute approximate surface area is 88.6 Å². The van der Waals surface area contributed by atoms with Crippen molar-refractivity contribution in [3.05, 3.63) is 42.2 Å². The van der Waals surface area contributed by atoms with Gasteiger partial charge in [0, 0.05) is 6.20 Å². The van der Waals surface area contributed by atoms with Crippen LogP contribution in [0, 0.1) is 12.9 Å². The number of pyridine rings is 1. The molecule has 0 aliphatic rings. The van der Waals surface area contributed by atoms with Crippen LogP contribution >= 0.6 is 0 Å². The number of halogens is 1. The number of nitrogens with zero attached hydrogens (tertiary/aromatic N) is 3. The lowest BCUT2D eigenvalue weighted by atomic mass is 10.4. The minimum Gasteiger partial charge on any atom is -0.239 e. The summed E-state index contributed by atoms with van der Waals surface area (Å²) in [7, 11) is 0. The monoisotopic (exact) mass is 207 g/mol. The molecular formula is C11H14FN3. The van der Waals surface area contributed by atoms with Gasteiger partial charge in [0.15, 0.2) is 0 Å². The summed E-state index contributed by atoms with van der Waals surface area (Å²) in [5, 5.41) is 4.07. The molecule has 0 radical (unpaired) electrons. The molecule has 0 bridgehead atoms. The molecule has 80 valence electrons. The molecule has 2 heterocycles. The third kappa shape index (κ3) is 2.87. The summed E-state index contributed by atoms with van der Waals surface area (Å²) in [6, 6.07) is 2.95. The molecule has 2 aromatic heterocycles. The predicted molar refractivity (Wildman–Crippen MR) is 57.4 cm³/mol. The van der Waals surface area contributed by atoms with Crippen LogP contribution in [0.4, 0.5) is 4.39 Å². The second kappa shape index (κ2) is 5.24. The van der Waals surface area contributed by atoms with Crippen molar-refractivity contribution < 1.29 is 4.39 Å². The van der Waals surface area contributed by atoms with Crippen molar-refractivity contribution in [2.24, 2.45) is 0 Å². The van der Waals surface area contributed by atoms with Crippen LogP contribution in [0.5, 0.6) is 0 Å². The van der Waals surface area contributed by atoms with Crippen LogP contribution in [-0.4, -0.2) is 14.8 Å². The van der Waals surface area contributed by atoms with E-state index < -0.39 is 5.95 Å². The molecule has 2 aromatic rings. The van der Waals surface area contributed by atoms with Gasteiger partial charge in [-0.2, -0.15) is 9.49 Å². The van der Waals surface area contributed by atoms with Crippen LogP contribution in [0.25, 0.3) is 5.69 Å². The minimum absolute atomic E-state index is 0.479. The summed E-state index contributed by atoms with van der Waals surface area (Å²) in [6.07, 6.45) is 5.04. The van der Waals surface area contributed by atoms with E-state index >= 15 is 0 Å². The third-order valence-corrected chi connectivity index (χ3v) is 1.69. The smallest absolute Gasteiger partial charge is 0.212 e. The van der Waals surface area contributed by atoms with Crippen LogP contribution in [0.3, 0.4) is 0 Å². The number of hydrogen-bond donors (Lipinski definition) is 0. The van der Waals surface area contributed by atoms with E-state index in [-0.39, 0.29) is 0 Å². The highest BCUT2D eigenvalue weighted by Crippen LogP contribution is 2.06. The molecule has 2 rings (SSSR count). The zero-order valence-corrected chi connectivity index (χ0v) is 9.11. The van der Waals surface area contributed by atoms with E-state index in [1.165, 1.54) is 12.3 Å². The number of aromatic nitrogens is 3. The zero-order valence-electron chi connectivity index (χ0n) is 9.11. The van der Waals surface area contributed by atoms with Crippen LogP contribution in [0.15, 0.2) is 30.7 Å². The fourth-order valence-electron chi connectivity index (χ4n) is 1.06. The summed E-state index contributed by atoms with van der Waals surface area (Å²) in [4.78, 5) is 3.54.